The fourth-order valence-corrected chi connectivity index (χ4v) is 5.06. The van der Waals surface area contributed by atoms with Crippen molar-refractivity contribution < 1.29 is 24.2 Å². The molecule has 8 nitrogen and oxygen atoms in total. The summed E-state index contributed by atoms with van der Waals surface area (Å²) in [5, 5.41) is 15.9. The van der Waals surface area contributed by atoms with Crippen molar-refractivity contribution in [1.82, 2.24) is 10.2 Å². The molecule has 0 aliphatic carbocycles. The van der Waals surface area contributed by atoms with Crippen molar-refractivity contribution in [2.24, 2.45) is 0 Å². The summed E-state index contributed by atoms with van der Waals surface area (Å²) in [5.41, 5.74) is 1.50. The van der Waals surface area contributed by atoms with Crippen LogP contribution >= 0.6 is 11.6 Å². The number of phenols is 1. The normalized spacial score (nSPS) is 12.9. The lowest BCUT2D eigenvalue weighted by Crippen LogP contribution is -2.58. The number of halogens is 1. The van der Waals surface area contributed by atoms with E-state index < -0.39 is 41.1 Å². The minimum Gasteiger partial charge on any atom is -0.508 e. The number of phenolic OH excluding ortho intramolecular Hbond substituents is 1. The first-order chi connectivity index (χ1) is 20.5. The van der Waals surface area contributed by atoms with Crippen molar-refractivity contribution in [3.8, 4) is 5.75 Å². The van der Waals surface area contributed by atoms with Crippen LogP contribution in [0.5, 0.6) is 5.75 Å². The molecule has 44 heavy (non-hydrogen) atoms. The van der Waals surface area contributed by atoms with Gasteiger partial charge in [0, 0.05) is 12.0 Å². The highest BCUT2D eigenvalue weighted by atomic mass is 35.5. The van der Waals surface area contributed by atoms with E-state index in [1.165, 1.54) is 17.0 Å². The summed E-state index contributed by atoms with van der Waals surface area (Å²) in [6.07, 6.45) is 0.970. The van der Waals surface area contributed by atoms with Crippen LogP contribution in [0.1, 0.15) is 69.8 Å². The van der Waals surface area contributed by atoms with Crippen LogP contribution in [-0.4, -0.2) is 45.1 Å². The minimum absolute atomic E-state index is 0.0711. The number of aryl methyl sites for hydroxylation is 1. The maximum atomic E-state index is 14.7. The van der Waals surface area contributed by atoms with Gasteiger partial charge in [-0.3, -0.25) is 9.59 Å². The van der Waals surface area contributed by atoms with E-state index in [0.717, 1.165) is 11.1 Å². The van der Waals surface area contributed by atoms with Crippen LogP contribution in [0, 0.1) is 6.92 Å². The van der Waals surface area contributed by atoms with Crippen molar-refractivity contribution in [2.45, 2.75) is 78.1 Å². The van der Waals surface area contributed by atoms with Crippen LogP contribution in [0.2, 0.25) is 5.02 Å². The van der Waals surface area contributed by atoms with E-state index in [1.807, 2.05) is 39.8 Å². The molecule has 0 saturated heterocycles. The van der Waals surface area contributed by atoms with Gasteiger partial charge in [-0.05, 0) is 95.0 Å². The topological polar surface area (TPSA) is 108 Å². The first kappa shape index (κ1) is 34.2. The van der Waals surface area contributed by atoms with Crippen molar-refractivity contribution >= 4 is 41.3 Å². The molecule has 3 aromatic carbocycles. The zero-order valence-corrected chi connectivity index (χ0v) is 27.2. The molecule has 0 aliphatic rings. The number of nitrogens with zero attached hydrogens (tertiary/aromatic N) is 1. The molecule has 2 unspecified atom stereocenters. The largest absolute Gasteiger partial charge is 0.508 e. The van der Waals surface area contributed by atoms with Gasteiger partial charge in [-0.15, -0.1) is 0 Å². The number of carbonyl (C=O) groups is 3. The highest BCUT2D eigenvalue weighted by Crippen LogP contribution is 2.34. The Morgan fingerprint density at radius 2 is 1.64 bits per heavy atom. The second-order valence-electron chi connectivity index (χ2n) is 12.6. The quantitative estimate of drug-likeness (QED) is 0.231. The molecular formula is C35H42ClN3O5. The van der Waals surface area contributed by atoms with E-state index in [9.17, 15) is 19.5 Å². The molecule has 0 fully saturated rings. The summed E-state index contributed by atoms with van der Waals surface area (Å²) in [4.78, 5) is 43.5. The fraction of sp³-hybridized carbons (Fsp3) is 0.343. The van der Waals surface area contributed by atoms with Crippen molar-refractivity contribution in [3.63, 3.8) is 0 Å². The number of aromatic hydroxyl groups is 1. The number of ether oxygens (including phenoxy) is 1. The molecule has 9 heteroatoms. The molecule has 0 radical (unpaired) electrons. The molecule has 0 spiro atoms. The van der Waals surface area contributed by atoms with Gasteiger partial charge in [0.1, 0.15) is 23.4 Å². The molecule has 3 N–H and O–H groups in total. The Hall–Kier alpha value is -4.30. The molecule has 3 aromatic rings. The molecule has 0 aliphatic heterocycles. The highest BCUT2D eigenvalue weighted by molar-refractivity contribution is 6.34. The zero-order valence-electron chi connectivity index (χ0n) is 26.4. The van der Waals surface area contributed by atoms with Crippen LogP contribution in [0.4, 0.5) is 10.5 Å². The number of amides is 3. The van der Waals surface area contributed by atoms with E-state index in [-0.39, 0.29) is 12.2 Å². The van der Waals surface area contributed by atoms with Gasteiger partial charge in [-0.25, -0.2) is 4.79 Å². The van der Waals surface area contributed by atoms with Gasteiger partial charge in [-0.1, -0.05) is 66.7 Å². The third kappa shape index (κ3) is 9.10. The van der Waals surface area contributed by atoms with Gasteiger partial charge >= 0.3 is 6.09 Å². The number of hydrogen-bond acceptors (Lipinski definition) is 5. The first-order valence-corrected chi connectivity index (χ1v) is 14.8. The van der Waals surface area contributed by atoms with E-state index in [1.54, 1.807) is 69.3 Å². The maximum Gasteiger partial charge on any atom is 0.408 e. The lowest BCUT2D eigenvalue weighted by molar-refractivity contribution is -0.146. The number of alkyl carbamates (subject to hydrolysis) is 1. The molecule has 0 saturated carbocycles. The van der Waals surface area contributed by atoms with Gasteiger partial charge in [0.25, 0.3) is 5.91 Å². The Balaban J connectivity index is 2.16. The molecule has 3 rings (SSSR count). The van der Waals surface area contributed by atoms with Crippen LogP contribution < -0.4 is 10.6 Å². The Bertz CT molecular complexity index is 1490. The number of para-hydroxylation sites is 1. The Kier molecular flexibility index (Phi) is 10.9. The number of anilines is 1. The summed E-state index contributed by atoms with van der Waals surface area (Å²) in [6, 6.07) is 16.7. The van der Waals surface area contributed by atoms with Crippen molar-refractivity contribution in [3.05, 3.63) is 101 Å². The summed E-state index contributed by atoms with van der Waals surface area (Å²) >= 11 is 6.48. The van der Waals surface area contributed by atoms with E-state index in [0.29, 0.717) is 21.8 Å². The van der Waals surface area contributed by atoms with E-state index in [4.69, 9.17) is 16.3 Å². The smallest absolute Gasteiger partial charge is 0.408 e. The summed E-state index contributed by atoms with van der Waals surface area (Å²) in [7, 11) is 0. The Morgan fingerprint density at radius 3 is 2.20 bits per heavy atom. The third-order valence-corrected chi connectivity index (χ3v) is 7.08. The summed E-state index contributed by atoms with van der Waals surface area (Å²) < 4.78 is 5.50. The van der Waals surface area contributed by atoms with Gasteiger partial charge in [-0.2, -0.15) is 0 Å². The highest BCUT2D eigenvalue weighted by Gasteiger charge is 2.42. The van der Waals surface area contributed by atoms with Crippen LogP contribution in [0.3, 0.4) is 0 Å². The third-order valence-electron chi connectivity index (χ3n) is 6.76. The van der Waals surface area contributed by atoms with Gasteiger partial charge in [0.05, 0.1) is 10.7 Å². The average Bonchev–Trinajstić information content (AvgIpc) is 2.92. The summed E-state index contributed by atoms with van der Waals surface area (Å²) in [5.74, 6) is -0.912. The van der Waals surface area contributed by atoms with Gasteiger partial charge in [0.15, 0.2) is 0 Å². The lowest BCUT2D eigenvalue weighted by Gasteiger charge is -2.43. The Labute approximate surface area is 265 Å². The van der Waals surface area contributed by atoms with Gasteiger partial charge in [0.2, 0.25) is 5.91 Å². The summed E-state index contributed by atoms with van der Waals surface area (Å²) in [6.45, 7) is 16.4. The Morgan fingerprint density at radius 1 is 1.00 bits per heavy atom. The number of hydrogen-bond donors (Lipinski definition) is 3. The number of nitrogens with one attached hydrogen (secondary N) is 2. The minimum atomic E-state index is -1.12. The maximum absolute atomic E-state index is 14.7. The zero-order chi connectivity index (χ0) is 32.8. The van der Waals surface area contributed by atoms with Crippen LogP contribution in [-0.2, 0) is 20.7 Å². The first-order valence-electron chi connectivity index (χ1n) is 14.4. The van der Waals surface area contributed by atoms with E-state index >= 15 is 0 Å². The SMILES string of the molecule is C=Cc1cccc(C(C(=O)Nc2c(C)cccc2Cl)N(C(=O)C(Cc2ccc(O)cc2)NC(=O)OC(C)(C)C)C(C)(C)C)c1. The molecule has 2 atom stereocenters. The molecular weight excluding hydrogens is 578 g/mol. The van der Waals surface area contributed by atoms with Crippen molar-refractivity contribution in [1.29, 1.82) is 0 Å². The predicted octanol–water partition coefficient (Wildman–Crippen LogP) is 7.44. The molecule has 3 amide bonds. The standard InChI is InChI=1S/C35H42ClN3O5/c1-9-23-13-11-14-25(20-23)30(31(41)38-29-22(2)12-10-15-27(29)36)39(34(3,4)5)32(42)28(37-33(43)44-35(6,7)8)21-24-16-18-26(40)19-17-24/h9-20,28,30,40H,1,21H2,2-8H3,(H,37,43)(H,38,41). The fourth-order valence-electron chi connectivity index (χ4n) is 4.79. The number of benzene rings is 3. The van der Waals surface area contributed by atoms with Crippen molar-refractivity contribution in [2.75, 3.05) is 5.32 Å². The molecule has 0 bridgehead atoms. The predicted molar refractivity (Wildman–Crippen MR) is 176 cm³/mol. The molecule has 234 valence electrons. The number of carbonyl (C=O) groups excluding carboxylic acids is 3. The lowest BCUT2D eigenvalue weighted by atomic mass is 9.93. The average molecular weight is 620 g/mol. The number of rotatable bonds is 9. The van der Waals surface area contributed by atoms with E-state index in [2.05, 4.69) is 17.2 Å². The van der Waals surface area contributed by atoms with Crippen LogP contribution in [0.15, 0.2) is 73.3 Å². The van der Waals surface area contributed by atoms with Crippen LogP contribution in [0.25, 0.3) is 6.08 Å². The molecule has 0 heterocycles. The second kappa shape index (κ2) is 14.0. The van der Waals surface area contributed by atoms with Gasteiger partial charge < -0.3 is 25.4 Å². The molecule has 0 aromatic heterocycles. The second-order valence-corrected chi connectivity index (χ2v) is 13.1. The monoisotopic (exact) mass is 619 g/mol.